The van der Waals surface area contributed by atoms with Crippen LogP contribution in [0.25, 0.3) is 0 Å². The number of aromatic nitrogens is 2. The summed E-state index contributed by atoms with van der Waals surface area (Å²) in [4.78, 5) is 27.0. The lowest BCUT2D eigenvalue weighted by Crippen LogP contribution is -2.27. The quantitative estimate of drug-likeness (QED) is 0.858. The lowest BCUT2D eigenvalue weighted by Gasteiger charge is -2.06. The number of carbonyl (C=O) groups excluding carboxylic acids is 1. The second-order valence-electron chi connectivity index (χ2n) is 4.17. The van der Waals surface area contributed by atoms with Crippen LogP contribution >= 0.6 is 0 Å². The molecule has 0 saturated heterocycles. The van der Waals surface area contributed by atoms with Gasteiger partial charge in [0.2, 0.25) is 5.75 Å². The van der Waals surface area contributed by atoms with Crippen LogP contribution in [0.2, 0.25) is 0 Å². The van der Waals surface area contributed by atoms with E-state index in [0.29, 0.717) is 5.56 Å². The van der Waals surface area contributed by atoms with Crippen LogP contribution in [0.15, 0.2) is 35.4 Å². The van der Waals surface area contributed by atoms with Crippen molar-refractivity contribution in [2.75, 3.05) is 0 Å². The van der Waals surface area contributed by atoms with Gasteiger partial charge < -0.3 is 10.4 Å². The second-order valence-corrected chi connectivity index (χ2v) is 4.17. The SMILES string of the molecule is Cn1cnc(C(=O)NCc2ccc(F)cc2)c(O)c1=O. The number of aryl methyl sites for hydroxylation is 1. The molecule has 1 amide bonds. The molecule has 0 atom stereocenters. The van der Waals surface area contributed by atoms with Gasteiger partial charge in [-0.25, -0.2) is 9.37 Å². The highest BCUT2D eigenvalue weighted by atomic mass is 19.1. The molecule has 2 aromatic rings. The smallest absolute Gasteiger partial charge is 0.296 e. The number of halogens is 1. The summed E-state index contributed by atoms with van der Waals surface area (Å²) < 4.78 is 13.8. The highest BCUT2D eigenvalue weighted by Gasteiger charge is 2.16. The van der Waals surface area contributed by atoms with Crippen LogP contribution in [0.5, 0.6) is 5.75 Å². The van der Waals surface area contributed by atoms with Gasteiger partial charge in [-0.3, -0.25) is 14.2 Å². The van der Waals surface area contributed by atoms with E-state index in [9.17, 15) is 19.1 Å². The average molecular weight is 277 g/mol. The van der Waals surface area contributed by atoms with Crippen molar-refractivity contribution < 1.29 is 14.3 Å². The Morgan fingerprint density at radius 3 is 2.70 bits per heavy atom. The maximum absolute atomic E-state index is 12.7. The van der Waals surface area contributed by atoms with Gasteiger partial charge in [0.05, 0.1) is 6.33 Å². The predicted octanol–water partition coefficient (Wildman–Crippen LogP) is 0.555. The summed E-state index contributed by atoms with van der Waals surface area (Å²) in [6, 6.07) is 5.59. The van der Waals surface area contributed by atoms with Crippen molar-refractivity contribution in [2.45, 2.75) is 6.54 Å². The zero-order chi connectivity index (χ0) is 14.7. The Labute approximate surface area is 113 Å². The molecule has 6 nitrogen and oxygen atoms in total. The Bertz CT molecular complexity index is 695. The lowest BCUT2D eigenvalue weighted by atomic mass is 10.2. The second kappa shape index (κ2) is 5.52. The van der Waals surface area contributed by atoms with Gasteiger partial charge in [0.15, 0.2) is 5.69 Å². The Balaban J connectivity index is 2.11. The zero-order valence-electron chi connectivity index (χ0n) is 10.6. The van der Waals surface area contributed by atoms with Crippen molar-refractivity contribution in [1.82, 2.24) is 14.9 Å². The number of benzene rings is 1. The number of rotatable bonds is 3. The van der Waals surface area contributed by atoms with Gasteiger partial charge in [-0.05, 0) is 17.7 Å². The lowest BCUT2D eigenvalue weighted by molar-refractivity contribution is 0.0942. The predicted molar refractivity (Wildman–Crippen MR) is 68.7 cm³/mol. The van der Waals surface area contributed by atoms with Gasteiger partial charge in [-0.15, -0.1) is 0 Å². The molecule has 0 bridgehead atoms. The molecule has 20 heavy (non-hydrogen) atoms. The van der Waals surface area contributed by atoms with Crippen LogP contribution in [0.3, 0.4) is 0 Å². The number of aromatic hydroxyl groups is 1. The molecule has 2 rings (SSSR count). The first kappa shape index (κ1) is 13.7. The number of hydrogen-bond acceptors (Lipinski definition) is 4. The number of hydrogen-bond donors (Lipinski definition) is 2. The fourth-order valence-electron chi connectivity index (χ4n) is 1.56. The standard InChI is InChI=1S/C13H12FN3O3/c1-17-7-16-10(11(18)13(17)20)12(19)15-6-8-2-4-9(14)5-3-8/h2-5,7,18H,6H2,1H3,(H,15,19). The van der Waals surface area contributed by atoms with E-state index in [-0.39, 0.29) is 18.1 Å². The monoisotopic (exact) mass is 277 g/mol. The summed E-state index contributed by atoms with van der Waals surface area (Å²) in [6.07, 6.45) is 1.15. The van der Waals surface area contributed by atoms with Gasteiger partial charge in [0, 0.05) is 13.6 Å². The van der Waals surface area contributed by atoms with Crippen molar-refractivity contribution in [3.05, 3.63) is 58.0 Å². The van der Waals surface area contributed by atoms with E-state index in [1.54, 1.807) is 0 Å². The highest BCUT2D eigenvalue weighted by molar-refractivity contribution is 5.94. The van der Waals surface area contributed by atoms with E-state index in [1.807, 2.05) is 0 Å². The summed E-state index contributed by atoms with van der Waals surface area (Å²) in [7, 11) is 1.41. The first-order chi connectivity index (χ1) is 9.49. The Morgan fingerprint density at radius 1 is 1.40 bits per heavy atom. The van der Waals surface area contributed by atoms with Crippen molar-refractivity contribution in [3.8, 4) is 5.75 Å². The number of nitrogens with one attached hydrogen (secondary N) is 1. The molecular weight excluding hydrogens is 265 g/mol. The molecule has 0 unspecified atom stereocenters. The van der Waals surface area contributed by atoms with Crippen LogP contribution in [0.4, 0.5) is 4.39 Å². The van der Waals surface area contributed by atoms with Crippen molar-refractivity contribution in [1.29, 1.82) is 0 Å². The van der Waals surface area contributed by atoms with Crippen molar-refractivity contribution >= 4 is 5.91 Å². The Morgan fingerprint density at radius 2 is 2.05 bits per heavy atom. The Kier molecular flexibility index (Phi) is 3.79. The largest absolute Gasteiger partial charge is 0.501 e. The maximum Gasteiger partial charge on any atom is 0.296 e. The molecule has 1 aromatic carbocycles. The summed E-state index contributed by atoms with van der Waals surface area (Å²) in [5.41, 5.74) is -0.356. The summed E-state index contributed by atoms with van der Waals surface area (Å²) >= 11 is 0. The van der Waals surface area contributed by atoms with E-state index in [1.165, 1.54) is 31.3 Å². The third kappa shape index (κ3) is 2.82. The summed E-state index contributed by atoms with van der Waals surface area (Å²) in [5, 5.41) is 12.1. The molecule has 1 heterocycles. The molecule has 0 aliphatic rings. The molecule has 0 fully saturated rings. The number of amides is 1. The normalized spacial score (nSPS) is 10.3. The van der Waals surface area contributed by atoms with Crippen LogP contribution < -0.4 is 10.9 Å². The average Bonchev–Trinajstić information content (AvgIpc) is 2.44. The third-order valence-electron chi connectivity index (χ3n) is 2.69. The molecule has 0 saturated carbocycles. The summed E-state index contributed by atoms with van der Waals surface area (Å²) in [6.45, 7) is 0.134. The maximum atomic E-state index is 12.7. The minimum absolute atomic E-state index is 0.134. The summed E-state index contributed by atoms with van der Waals surface area (Å²) in [5.74, 6) is -1.75. The Hall–Kier alpha value is -2.70. The van der Waals surface area contributed by atoms with E-state index in [0.717, 1.165) is 10.9 Å². The fourth-order valence-corrected chi connectivity index (χ4v) is 1.56. The van der Waals surface area contributed by atoms with Gasteiger partial charge >= 0.3 is 0 Å². The van der Waals surface area contributed by atoms with Gasteiger partial charge in [-0.2, -0.15) is 0 Å². The topological polar surface area (TPSA) is 84.2 Å². The molecule has 104 valence electrons. The van der Waals surface area contributed by atoms with Gasteiger partial charge in [0.1, 0.15) is 5.82 Å². The number of nitrogens with zero attached hydrogens (tertiary/aromatic N) is 2. The minimum Gasteiger partial charge on any atom is -0.501 e. The fraction of sp³-hybridized carbons (Fsp3) is 0.154. The van der Waals surface area contributed by atoms with Crippen LogP contribution in [-0.4, -0.2) is 20.6 Å². The van der Waals surface area contributed by atoms with Crippen LogP contribution in [-0.2, 0) is 13.6 Å². The molecule has 1 aromatic heterocycles. The first-order valence-corrected chi connectivity index (χ1v) is 5.76. The molecule has 2 N–H and O–H groups in total. The minimum atomic E-state index is -0.702. The molecule has 0 spiro atoms. The van der Waals surface area contributed by atoms with E-state index in [4.69, 9.17) is 0 Å². The van der Waals surface area contributed by atoms with E-state index < -0.39 is 17.2 Å². The van der Waals surface area contributed by atoms with Gasteiger partial charge in [-0.1, -0.05) is 12.1 Å². The van der Waals surface area contributed by atoms with Crippen molar-refractivity contribution in [3.63, 3.8) is 0 Å². The van der Waals surface area contributed by atoms with Crippen LogP contribution in [0.1, 0.15) is 16.1 Å². The highest BCUT2D eigenvalue weighted by Crippen LogP contribution is 2.07. The molecule has 0 aliphatic carbocycles. The third-order valence-corrected chi connectivity index (χ3v) is 2.69. The van der Waals surface area contributed by atoms with Crippen molar-refractivity contribution in [2.24, 2.45) is 7.05 Å². The molecule has 0 radical (unpaired) electrons. The van der Waals surface area contributed by atoms with Gasteiger partial charge in [0.25, 0.3) is 11.5 Å². The molecule has 0 aliphatic heterocycles. The van der Waals surface area contributed by atoms with E-state index in [2.05, 4.69) is 10.3 Å². The molecular formula is C13H12FN3O3. The van der Waals surface area contributed by atoms with Crippen LogP contribution in [0, 0.1) is 5.82 Å². The number of carbonyl (C=O) groups is 1. The first-order valence-electron chi connectivity index (χ1n) is 5.76. The zero-order valence-corrected chi connectivity index (χ0v) is 10.6. The molecule has 7 heteroatoms. The van der Waals surface area contributed by atoms with E-state index >= 15 is 0 Å².